The van der Waals surface area contributed by atoms with Gasteiger partial charge in [0.1, 0.15) is 5.82 Å². The van der Waals surface area contributed by atoms with Crippen molar-refractivity contribution in [2.75, 3.05) is 0 Å². The molecule has 1 saturated carbocycles. The van der Waals surface area contributed by atoms with Crippen LogP contribution in [0.4, 0.5) is 0 Å². The molecule has 0 amide bonds. The Morgan fingerprint density at radius 2 is 2.05 bits per heavy atom. The van der Waals surface area contributed by atoms with Gasteiger partial charge in [-0.15, -0.1) is 22.8 Å². The molecular weight excluding hydrogens is 334 g/mol. The van der Waals surface area contributed by atoms with Crippen LogP contribution in [0.15, 0.2) is 33.9 Å². The summed E-state index contributed by atoms with van der Waals surface area (Å²) in [4.78, 5) is 0. The van der Waals surface area contributed by atoms with Gasteiger partial charge in [0.15, 0.2) is 5.16 Å². The van der Waals surface area contributed by atoms with Crippen molar-refractivity contribution in [3.63, 3.8) is 0 Å². The Labute approximate surface area is 133 Å². The minimum atomic E-state index is 0.313. The Hall–Kier alpha value is -0.810. The smallest absolute Gasteiger partial charge is 0.187 e. The molecule has 1 atom stereocenters. The van der Waals surface area contributed by atoms with E-state index in [4.69, 9.17) is 0 Å². The zero-order valence-corrected chi connectivity index (χ0v) is 13.9. The molecule has 0 bridgehead atoms. The van der Waals surface area contributed by atoms with Crippen molar-refractivity contribution < 1.29 is 0 Å². The van der Waals surface area contributed by atoms with Gasteiger partial charge in [-0.25, -0.2) is 0 Å². The SMILES string of the molecule is Cn1c(S)nnc1C(c1cccc(Br)c1)C1CCCC1. The van der Waals surface area contributed by atoms with Crippen LogP contribution < -0.4 is 0 Å². The van der Waals surface area contributed by atoms with Crippen LogP contribution >= 0.6 is 28.6 Å². The molecule has 0 aliphatic heterocycles. The highest BCUT2D eigenvalue weighted by molar-refractivity contribution is 9.10. The number of hydrogen-bond acceptors (Lipinski definition) is 3. The molecule has 0 saturated heterocycles. The normalized spacial score (nSPS) is 17.6. The summed E-state index contributed by atoms with van der Waals surface area (Å²) in [6.45, 7) is 0. The zero-order chi connectivity index (χ0) is 14.1. The van der Waals surface area contributed by atoms with Gasteiger partial charge in [-0.3, -0.25) is 0 Å². The van der Waals surface area contributed by atoms with Crippen molar-refractivity contribution in [2.45, 2.75) is 36.8 Å². The van der Waals surface area contributed by atoms with E-state index in [1.54, 1.807) is 0 Å². The second-order valence-electron chi connectivity index (χ2n) is 5.49. The highest BCUT2D eigenvalue weighted by Crippen LogP contribution is 2.41. The Morgan fingerprint density at radius 3 is 2.65 bits per heavy atom. The molecule has 1 unspecified atom stereocenters. The summed E-state index contributed by atoms with van der Waals surface area (Å²) in [5, 5.41) is 9.19. The van der Waals surface area contributed by atoms with E-state index in [2.05, 4.69) is 63.0 Å². The fourth-order valence-electron chi connectivity index (χ4n) is 3.23. The van der Waals surface area contributed by atoms with Gasteiger partial charge in [0.25, 0.3) is 0 Å². The summed E-state index contributed by atoms with van der Waals surface area (Å²) >= 11 is 7.95. The van der Waals surface area contributed by atoms with Crippen molar-refractivity contribution in [3.05, 3.63) is 40.1 Å². The maximum atomic E-state index is 4.39. The molecule has 1 aliphatic rings. The monoisotopic (exact) mass is 351 g/mol. The van der Waals surface area contributed by atoms with Gasteiger partial charge in [-0.2, -0.15) is 0 Å². The van der Waals surface area contributed by atoms with Gasteiger partial charge >= 0.3 is 0 Å². The van der Waals surface area contributed by atoms with Crippen molar-refractivity contribution in [1.29, 1.82) is 0 Å². The standard InChI is InChI=1S/C15H18BrN3S/c1-19-14(17-18-15(19)20)13(10-5-2-3-6-10)11-7-4-8-12(16)9-11/h4,7-10,13H,2-3,5-6H2,1H3,(H,18,20). The third kappa shape index (κ3) is 2.66. The van der Waals surface area contributed by atoms with E-state index in [1.165, 1.54) is 31.2 Å². The second kappa shape index (κ2) is 5.90. The Bertz CT molecular complexity index is 605. The number of nitrogens with zero attached hydrogens (tertiary/aromatic N) is 3. The molecule has 20 heavy (non-hydrogen) atoms. The first-order chi connectivity index (χ1) is 9.66. The van der Waals surface area contributed by atoms with Crippen molar-refractivity contribution in [3.8, 4) is 0 Å². The predicted octanol–water partition coefficient (Wildman–Crippen LogP) is 4.19. The van der Waals surface area contributed by atoms with E-state index in [0.29, 0.717) is 17.0 Å². The largest absolute Gasteiger partial charge is 0.309 e. The molecule has 3 rings (SSSR count). The summed E-state index contributed by atoms with van der Waals surface area (Å²) in [5.74, 6) is 1.99. The van der Waals surface area contributed by atoms with Crippen molar-refractivity contribution in [2.24, 2.45) is 13.0 Å². The van der Waals surface area contributed by atoms with E-state index >= 15 is 0 Å². The number of aromatic nitrogens is 3. The van der Waals surface area contributed by atoms with Crippen LogP contribution in [0.3, 0.4) is 0 Å². The Kier molecular flexibility index (Phi) is 4.17. The number of halogens is 1. The lowest BCUT2D eigenvalue weighted by Gasteiger charge is -2.23. The molecule has 1 fully saturated rings. The highest BCUT2D eigenvalue weighted by atomic mass is 79.9. The van der Waals surface area contributed by atoms with Gasteiger partial charge in [0, 0.05) is 17.4 Å². The van der Waals surface area contributed by atoms with Crippen molar-refractivity contribution >= 4 is 28.6 Å². The third-order valence-corrected chi connectivity index (χ3v) is 5.13. The summed E-state index contributed by atoms with van der Waals surface area (Å²) in [7, 11) is 2.00. The number of rotatable bonds is 3. The quantitative estimate of drug-likeness (QED) is 0.840. The maximum Gasteiger partial charge on any atom is 0.187 e. The van der Waals surface area contributed by atoms with Crippen molar-refractivity contribution in [1.82, 2.24) is 14.8 Å². The molecule has 1 aromatic carbocycles. The summed E-state index contributed by atoms with van der Waals surface area (Å²) < 4.78 is 3.12. The number of hydrogen-bond donors (Lipinski definition) is 1. The molecule has 1 aromatic heterocycles. The lowest BCUT2D eigenvalue weighted by Crippen LogP contribution is -2.16. The van der Waals surface area contributed by atoms with E-state index in [0.717, 1.165) is 10.3 Å². The van der Waals surface area contributed by atoms with Crippen LogP contribution in [-0.4, -0.2) is 14.8 Å². The third-order valence-electron chi connectivity index (χ3n) is 4.24. The molecule has 0 radical (unpaired) electrons. The van der Waals surface area contributed by atoms with Gasteiger partial charge in [0.05, 0.1) is 0 Å². The first-order valence-electron chi connectivity index (χ1n) is 7.00. The molecule has 5 heteroatoms. The fourth-order valence-corrected chi connectivity index (χ4v) is 3.79. The zero-order valence-electron chi connectivity index (χ0n) is 11.5. The number of thiol groups is 1. The molecule has 0 spiro atoms. The van der Waals surface area contributed by atoms with Crippen LogP contribution in [0.1, 0.15) is 43.0 Å². The predicted molar refractivity (Wildman–Crippen MR) is 86.2 cm³/mol. The molecule has 3 nitrogen and oxygen atoms in total. The first kappa shape index (κ1) is 14.1. The molecule has 0 N–H and O–H groups in total. The van der Waals surface area contributed by atoms with Crippen LogP contribution in [0, 0.1) is 5.92 Å². The van der Waals surface area contributed by atoms with Gasteiger partial charge in [-0.05, 0) is 36.5 Å². The topological polar surface area (TPSA) is 30.7 Å². The lowest BCUT2D eigenvalue weighted by atomic mass is 9.84. The van der Waals surface area contributed by atoms with Crippen LogP contribution in [-0.2, 0) is 7.05 Å². The minimum absolute atomic E-state index is 0.313. The number of benzene rings is 1. The van der Waals surface area contributed by atoms with E-state index in [-0.39, 0.29) is 0 Å². The summed E-state index contributed by atoms with van der Waals surface area (Å²) in [5.41, 5.74) is 1.31. The Balaban J connectivity index is 2.06. The average molecular weight is 352 g/mol. The van der Waals surface area contributed by atoms with Gasteiger partial charge in [0.2, 0.25) is 0 Å². The lowest BCUT2D eigenvalue weighted by molar-refractivity contribution is 0.454. The summed E-state index contributed by atoms with van der Waals surface area (Å²) in [6, 6.07) is 8.56. The van der Waals surface area contributed by atoms with Crippen LogP contribution in [0.2, 0.25) is 0 Å². The molecule has 1 heterocycles. The van der Waals surface area contributed by atoms with Crippen LogP contribution in [0.25, 0.3) is 0 Å². The molecule has 2 aromatic rings. The molecular formula is C15H18BrN3S. The fraction of sp³-hybridized carbons (Fsp3) is 0.467. The first-order valence-corrected chi connectivity index (χ1v) is 8.24. The minimum Gasteiger partial charge on any atom is -0.309 e. The van der Waals surface area contributed by atoms with E-state index in [9.17, 15) is 0 Å². The van der Waals surface area contributed by atoms with E-state index in [1.807, 2.05) is 11.6 Å². The summed E-state index contributed by atoms with van der Waals surface area (Å²) in [6.07, 6.45) is 5.18. The van der Waals surface area contributed by atoms with Crippen LogP contribution in [0.5, 0.6) is 0 Å². The Morgan fingerprint density at radius 1 is 1.30 bits per heavy atom. The molecule has 1 aliphatic carbocycles. The molecule has 106 valence electrons. The highest BCUT2D eigenvalue weighted by Gasteiger charge is 2.31. The average Bonchev–Trinajstić information content (AvgIpc) is 3.05. The van der Waals surface area contributed by atoms with E-state index < -0.39 is 0 Å². The maximum absolute atomic E-state index is 4.39. The van der Waals surface area contributed by atoms with Gasteiger partial charge < -0.3 is 4.57 Å². The second-order valence-corrected chi connectivity index (χ2v) is 6.81. The van der Waals surface area contributed by atoms with Gasteiger partial charge in [-0.1, -0.05) is 40.9 Å².